The molecule has 4 aromatic rings. The van der Waals surface area contributed by atoms with Crippen molar-refractivity contribution in [3.63, 3.8) is 0 Å². The number of aryl methyl sites for hydroxylation is 2. The van der Waals surface area contributed by atoms with Crippen molar-refractivity contribution in [3.8, 4) is 0 Å². The number of carbonyl (C=O) groups excluding carboxylic acids is 2. The number of fused-ring (bicyclic) bond motifs is 1. The predicted octanol–water partition coefficient (Wildman–Crippen LogP) is 7.59. The minimum absolute atomic E-state index is 0.00472. The Bertz CT molecular complexity index is 1550. The Balaban J connectivity index is 1.62. The molecular formula is C30H28ClF2N3O2. The molecule has 0 unspecified atom stereocenters. The molecular weight excluding hydrogens is 508 g/mol. The van der Waals surface area contributed by atoms with Gasteiger partial charge in [-0.2, -0.15) is 0 Å². The molecule has 0 saturated heterocycles. The second kappa shape index (κ2) is 11.0. The maximum absolute atomic E-state index is 15.4. The highest BCUT2D eigenvalue weighted by Crippen LogP contribution is 2.30. The van der Waals surface area contributed by atoms with Crippen molar-refractivity contribution >= 4 is 45.6 Å². The second-order valence-electron chi connectivity index (χ2n) is 10.3. The van der Waals surface area contributed by atoms with Crippen LogP contribution in [0, 0.1) is 24.0 Å². The monoisotopic (exact) mass is 535 g/mol. The zero-order valence-corrected chi connectivity index (χ0v) is 22.4. The maximum atomic E-state index is 15.4. The van der Waals surface area contributed by atoms with Crippen molar-refractivity contribution in [2.75, 3.05) is 5.32 Å². The molecule has 4 rings (SSSR count). The standard InChI is InChI=1S/C30H28ClF2N3O2/c1-17-8-12-23(22(32)14-17)36-29-20-7-5-6-19(28(20)34-16-35-29)15-24(37)26-21(31)11-9-18(27(26)33)10-13-25(38)30(2,3)4/h5-9,11-12,14,16H,10,13,15H2,1-4H3,(H,34,35,36). The minimum atomic E-state index is -0.712. The first-order valence-corrected chi connectivity index (χ1v) is 12.6. The van der Waals surface area contributed by atoms with Crippen LogP contribution in [-0.4, -0.2) is 21.5 Å². The summed E-state index contributed by atoms with van der Waals surface area (Å²) in [6.45, 7) is 7.24. The molecule has 0 aliphatic carbocycles. The number of anilines is 2. The largest absolute Gasteiger partial charge is 0.337 e. The second-order valence-corrected chi connectivity index (χ2v) is 10.7. The molecule has 1 aromatic heterocycles. The summed E-state index contributed by atoms with van der Waals surface area (Å²) in [7, 11) is 0. The van der Waals surface area contributed by atoms with Gasteiger partial charge >= 0.3 is 0 Å². The van der Waals surface area contributed by atoms with Gasteiger partial charge < -0.3 is 5.32 Å². The lowest BCUT2D eigenvalue weighted by Crippen LogP contribution is -2.20. The summed E-state index contributed by atoms with van der Waals surface area (Å²) in [6.07, 6.45) is 1.50. The first-order valence-electron chi connectivity index (χ1n) is 12.2. The molecule has 5 nitrogen and oxygen atoms in total. The van der Waals surface area contributed by atoms with Crippen LogP contribution in [0.15, 0.2) is 54.9 Å². The van der Waals surface area contributed by atoms with Crippen molar-refractivity contribution in [1.29, 1.82) is 0 Å². The van der Waals surface area contributed by atoms with Crippen LogP contribution >= 0.6 is 11.6 Å². The van der Waals surface area contributed by atoms with Crippen LogP contribution in [0.2, 0.25) is 5.02 Å². The molecule has 1 heterocycles. The molecule has 0 fully saturated rings. The van der Waals surface area contributed by atoms with Gasteiger partial charge in [-0.1, -0.05) is 56.6 Å². The number of carbonyl (C=O) groups is 2. The molecule has 0 aliphatic heterocycles. The molecule has 0 saturated carbocycles. The van der Waals surface area contributed by atoms with Gasteiger partial charge in [0.1, 0.15) is 29.6 Å². The third kappa shape index (κ3) is 5.89. The Hall–Kier alpha value is -3.71. The molecule has 0 radical (unpaired) electrons. The number of nitrogens with one attached hydrogen (secondary N) is 1. The van der Waals surface area contributed by atoms with Crippen LogP contribution in [0.4, 0.5) is 20.3 Å². The summed E-state index contributed by atoms with van der Waals surface area (Å²) < 4.78 is 29.9. The number of nitrogens with zero attached hydrogens (tertiary/aromatic N) is 2. The fraction of sp³-hybridized carbons (Fsp3) is 0.267. The van der Waals surface area contributed by atoms with E-state index < -0.39 is 22.8 Å². The number of hydrogen-bond donors (Lipinski definition) is 1. The highest BCUT2D eigenvalue weighted by molar-refractivity contribution is 6.34. The van der Waals surface area contributed by atoms with Crippen LogP contribution < -0.4 is 5.32 Å². The van der Waals surface area contributed by atoms with Gasteiger partial charge in [-0.25, -0.2) is 18.7 Å². The van der Waals surface area contributed by atoms with Gasteiger partial charge in [0.05, 0.1) is 21.8 Å². The van der Waals surface area contributed by atoms with E-state index in [0.717, 1.165) is 5.56 Å². The van der Waals surface area contributed by atoms with Gasteiger partial charge in [0.2, 0.25) is 0 Å². The Kier molecular flexibility index (Phi) is 7.88. The Morgan fingerprint density at radius 3 is 2.47 bits per heavy atom. The number of aromatic nitrogens is 2. The lowest BCUT2D eigenvalue weighted by atomic mass is 9.87. The van der Waals surface area contributed by atoms with Crippen LogP contribution in [0.3, 0.4) is 0 Å². The Morgan fingerprint density at radius 2 is 1.76 bits per heavy atom. The van der Waals surface area contributed by atoms with E-state index in [0.29, 0.717) is 22.3 Å². The topological polar surface area (TPSA) is 72.0 Å². The molecule has 8 heteroatoms. The van der Waals surface area contributed by atoms with Gasteiger partial charge in [0, 0.05) is 23.6 Å². The van der Waals surface area contributed by atoms with Gasteiger partial charge in [0.15, 0.2) is 5.78 Å². The van der Waals surface area contributed by atoms with Crippen molar-refractivity contribution < 1.29 is 18.4 Å². The van der Waals surface area contributed by atoms with Crippen LogP contribution in [0.25, 0.3) is 10.9 Å². The van der Waals surface area contributed by atoms with E-state index >= 15 is 4.39 Å². The zero-order valence-electron chi connectivity index (χ0n) is 21.7. The minimum Gasteiger partial charge on any atom is -0.337 e. The summed E-state index contributed by atoms with van der Waals surface area (Å²) >= 11 is 6.26. The molecule has 0 aliphatic rings. The smallest absolute Gasteiger partial charge is 0.171 e. The fourth-order valence-corrected chi connectivity index (χ4v) is 4.42. The predicted molar refractivity (Wildman–Crippen MR) is 146 cm³/mol. The number of hydrogen-bond acceptors (Lipinski definition) is 5. The van der Waals surface area contributed by atoms with Crippen LogP contribution in [0.5, 0.6) is 0 Å². The van der Waals surface area contributed by atoms with E-state index in [9.17, 15) is 14.0 Å². The average molecular weight is 536 g/mol. The van der Waals surface area contributed by atoms with E-state index in [2.05, 4.69) is 15.3 Å². The van der Waals surface area contributed by atoms with Crippen LogP contribution in [-0.2, 0) is 17.6 Å². The maximum Gasteiger partial charge on any atom is 0.171 e. The normalized spacial score (nSPS) is 11.6. The molecule has 0 atom stereocenters. The summed E-state index contributed by atoms with van der Waals surface area (Å²) in [5, 5.41) is 3.58. The first kappa shape index (κ1) is 27.3. The molecule has 1 N–H and O–H groups in total. The number of para-hydroxylation sites is 1. The van der Waals surface area contributed by atoms with E-state index in [1.165, 1.54) is 24.5 Å². The molecule has 0 spiro atoms. The van der Waals surface area contributed by atoms with E-state index in [1.54, 1.807) is 37.3 Å². The average Bonchev–Trinajstić information content (AvgIpc) is 2.85. The summed E-state index contributed by atoms with van der Waals surface area (Å²) in [5.74, 6) is -1.26. The highest BCUT2D eigenvalue weighted by atomic mass is 35.5. The first-order chi connectivity index (χ1) is 18.0. The van der Waals surface area contributed by atoms with Gasteiger partial charge in [-0.05, 0) is 54.3 Å². The van der Waals surface area contributed by atoms with E-state index in [-0.39, 0.29) is 46.9 Å². The molecule has 38 heavy (non-hydrogen) atoms. The molecule has 196 valence electrons. The van der Waals surface area contributed by atoms with E-state index in [4.69, 9.17) is 11.6 Å². The lowest BCUT2D eigenvalue weighted by Gasteiger charge is -2.17. The van der Waals surface area contributed by atoms with Gasteiger partial charge in [-0.3, -0.25) is 9.59 Å². The third-order valence-electron chi connectivity index (χ3n) is 6.38. The number of ketones is 2. The number of Topliss-reactive ketones (excluding diaryl/α,β-unsaturated/α-hetero) is 2. The summed E-state index contributed by atoms with van der Waals surface area (Å²) in [5.41, 5.74) is 1.60. The SMILES string of the molecule is Cc1ccc(Nc2ncnc3c(CC(=O)c4c(Cl)ccc(CCC(=O)C(C)(C)C)c4F)cccc23)c(F)c1. The van der Waals surface area contributed by atoms with E-state index in [1.807, 2.05) is 20.8 Å². The molecule has 0 amide bonds. The third-order valence-corrected chi connectivity index (χ3v) is 6.70. The highest BCUT2D eigenvalue weighted by Gasteiger charge is 2.24. The van der Waals surface area contributed by atoms with Crippen molar-refractivity contribution in [3.05, 3.63) is 93.8 Å². The van der Waals surface area contributed by atoms with Crippen molar-refractivity contribution in [1.82, 2.24) is 9.97 Å². The Labute approximate surface area is 225 Å². The van der Waals surface area contributed by atoms with Gasteiger partial charge in [0.25, 0.3) is 0 Å². The Morgan fingerprint density at radius 1 is 1.00 bits per heavy atom. The quantitative estimate of drug-likeness (QED) is 0.235. The molecule has 0 bridgehead atoms. The van der Waals surface area contributed by atoms with Crippen LogP contribution in [0.1, 0.15) is 54.2 Å². The van der Waals surface area contributed by atoms with Gasteiger partial charge in [-0.15, -0.1) is 0 Å². The summed E-state index contributed by atoms with van der Waals surface area (Å²) in [6, 6.07) is 13.0. The lowest BCUT2D eigenvalue weighted by molar-refractivity contribution is -0.126. The number of benzene rings is 3. The fourth-order valence-electron chi connectivity index (χ4n) is 4.17. The summed E-state index contributed by atoms with van der Waals surface area (Å²) in [4.78, 5) is 34.2. The number of halogens is 3. The van der Waals surface area contributed by atoms with Crippen molar-refractivity contribution in [2.24, 2.45) is 5.41 Å². The molecule has 3 aromatic carbocycles. The van der Waals surface area contributed by atoms with Crippen molar-refractivity contribution in [2.45, 2.75) is 47.0 Å². The number of rotatable bonds is 8. The zero-order chi connectivity index (χ0) is 27.6.